The fraction of sp³-hybridized carbons (Fsp3) is 0.500. The van der Waals surface area contributed by atoms with Crippen molar-refractivity contribution in [1.82, 2.24) is 4.57 Å². The molecular weight excluding hydrogens is 314 g/mol. The molecule has 124 valence electrons. The Bertz CT molecular complexity index is 776. The third-order valence-electron chi connectivity index (χ3n) is 3.61. The van der Waals surface area contributed by atoms with Gasteiger partial charge >= 0.3 is 18.9 Å². The monoisotopic (exact) mass is 329 g/mol. The molecule has 0 saturated carbocycles. The summed E-state index contributed by atoms with van der Waals surface area (Å²) in [5, 5.41) is 0. The maximum absolute atomic E-state index is 13.7. The van der Waals surface area contributed by atoms with Crippen LogP contribution >= 0.6 is 0 Å². The Morgan fingerprint density at radius 2 is 1.96 bits per heavy atom. The molecule has 1 saturated heterocycles. The Hall–Kier alpha value is -1.74. The molecule has 1 aliphatic heterocycles. The summed E-state index contributed by atoms with van der Waals surface area (Å²) in [5.41, 5.74) is 0.0620. The highest BCUT2D eigenvalue weighted by Crippen LogP contribution is 2.26. The van der Waals surface area contributed by atoms with Gasteiger partial charge in [-0.25, -0.2) is 13.8 Å². The normalized spacial score (nSPS) is 18.6. The Balaban J connectivity index is 2.02. The van der Waals surface area contributed by atoms with Gasteiger partial charge in [0, 0.05) is 18.6 Å². The molecule has 0 N–H and O–H groups in total. The van der Waals surface area contributed by atoms with Gasteiger partial charge in [0.15, 0.2) is 12.3 Å². The smallest absolute Gasteiger partial charge is 0.408 e. The zero-order valence-corrected chi connectivity index (χ0v) is 12.6. The van der Waals surface area contributed by atoms with E-state index in [1.54, 1.807) is 6.07 Å². The van der Waals surface area contributed by atoms with E-state index in [9.17, 15) is 18.0 Å². The topological polar surface area (TPSA) is 53.6 Å². The molecule has 0 amide bonds. The number of hydrogen-bond donors (Lipinski definition) is 0. The van der Waals surface area contributed by atoms with Crippen LogP contribution in [0.15, 0.2) is 27.4 Å². The molecule has 1 fully saturated rings. The van der Waals surface area contributed by atoms with Crippen molar-refractivity contribution in [2.24, 2.45) is 5.41 Å². The van der Waals surface area contributed by atoms with Crippen molar-refractivity contribution in [3.8, 4) is 0 Å². The molecule has 3 rings (SSSR count). The molecule has 1 aliphatic rings. The van der Waals surface area contributed by atoms with Crippen LogP contribution in [0, 0.1) is 5.41 Å². The Labute approximate surface area is 130 Å². The highest BCUT2D eigenvalue weighted by Gasteiger charge is 2.38. The lowest BCUT2D eigenvalue weighted by atomic mass is 9.76. The zero-order valence-electron chi connectivity index (χ0n) is 12.6. The first-order chi connectivity index (χ1) is 10.7. The summed E-state index contributed by atoms with van der Waals surface area (Å²) < 4.78 is 55.8. The van der Waals surface area contributed by atoms with Gasteiger partial charge in [-0.05, 0) is 17.6 Å². The molecule has 0 atom stereocenters. The number of benzene rings is 1. The number of rotatable bonds is 3. The minimum atomic E-state index is -3.97. The highest BCUT2D eigenvalue weighted by molar-refractivity contribution is 6.61. The molecule has 5 nitrogen and oxygen atoms in total. The number of nitrogens with zero attached hydrogens (tertiary/aromatic N) is 1. The summed E-state index contributed by atoms with van der Waals surface area (Å²) >= 11 is 0. The van der Waals surface area contributed by atoms with Crippen molar-refractivity contribution in [1.29, 1.82) is 0 Å². The molecule has 23 heavy (non-hydrogen) atoms. The summed E-state index contributed by atoms with van der Waals surface area (Å²) in [7, 11) is -0.732. The summed E-state index contributed by atoms with van der Waals surface area (Å²) in [4.78, 5) is 11.6. The van der Waals surface area contributed by atoms with Gasteiger partial charge in [-0.15, -0.1) is 0 Å². The third kappa shape index (κ3) is 2.90. The van der Waals surface area contributed by atoms with Crippen molar-refractivity contribution in [3.63, 3.8) is 0 Å². The van der Waals surface area contributed by atoms with E-state index in [4.69, 9.17) is 13.7 Å². The minimum absolute atomic E-state index is 0.0125. The van der Waals surface area contributed by atoms with Crippen molar-refractivity contribution >= 4 is 23.7 Å². The molecule has 9 heteroatoms. The number of hydrogen-bond acceptors (Lipinski definition) is 4. The zero-order chi connectivity index (χ0) is 16.8. The predicted molar refractivity (Wildman–Crippen MR) is 77.7 cm³/mol. The summed E-state index contributed by atoms with van der Waals surface area (Å²) in [6, 6.07) is 0.250. The average molecular weight is 329 g/mol. The van der Waals surface area contributed by atoms with E-state index in [1.807, 2.05) is 13.8 Å². The SMILES string of the molecule is CC1(C)COB(c2ccc3oc(=O)n(C(F)(F)CF)c3c2)OC1. The van der Waals surface area contributed by atoms with Crippen LogP contribution in [0.3, 0.4) is 0 Å². The summed E-state index contributed by atoms with van der Waals surface area (Å²) in [6.45, 7) is 2.82. The molecule has 1 aromatic carbocycles. The maximum Gasteiger partial charge on any atom is 0.493 e. The lowest BCUT2D eigenvalue weighted by Gasteiger charge is -2.33. The van der Waals surface area contributed by atoms with E-state index in [1.165, 1.54) is 12.1 Å². The first-order valence-corrected chi connectivity index (χ1v) is 7.06. The van der Waals surface area contributed by atoms with Gasteiger partial charge in [-0.1, -0.05) is 19.9 Å². The van der Waals surface area contributed by atoms with Gasteiger partial charge in [0.1, 0.15) is 0 Å². The standard InChI is InChI=1S/C14H15BF3NO4/c1-13(2)7-21-15(22-8-13)9-3-4-11-10(5-9)19(12(20)23-11)14(17,18)6-16/h3-5H,6-8H2,1-2H3. The van der Waals surface area contributed by atoms with Gasteiger partial charge in [-0.3, -0.25) is 0 Å². The molecule has 2 aromatic rings. The van der Waals surface area contributed by atoms with E-state index in [0.717, 1.165) is 0 Å². The minimum Gasteiger partial charge on any atom is -0.408 e. The van der Waals surface area contributed by atoms with E-state index >= 15 is 0 Å². The molecule has 0 aliphatic carbocycles. The second kappa shape index (κ2) is 5.42. The van der Waals surface area contributed by atoms with E-state index in [2.05, 4.69) is 0 Å². The second-order valence-electron chi connectivity index (χ2n) is 6.35. The van der Waals surface area contributed by atoms with Crippen LogP contribution in [0.1, 0.15) is 13.8 Å². The number of oxazole rings is 1. The fourth-order valence-electron chi connectivity index (χ4n) is 2.43. The van der Waals surface area contributed by atoms with Gasteiger partial charge in [0.2, 0.25) is 0 Å². The lowest BCUT2D eigenvalue weighted by molar-refractivity contribution is -0.100. The first-order valence-electron chi connectivity index (χ1n) is 7.06. The molecule has 0 unspecified atom stereocenters. The Morgan fingerprint density at radius 3 is 2.57 bits per heavy atom. The molecule has 0 bridgehead atoms. The maximum atomic E-state index is 13.7. The Morgan fingerprint density at radius 1 is 1.30 bits per heavy atom. The predicted octanol–water partition coefficient (Wildman–Crippen LogP) is 1.88. The van der Waals surface area contributed by atoms with Gasteiger partial charge in [0.25, 0.3) is 0 Å². The number of alkyl halides is 3. The molecule has 1 aromatic heterocycles. The van der Waals surface area contributed by atoms with Crippen LogP contribution in [-0.4, -0.2) is 31.6 Å². The molecule has 0 radical (unpaired) electrons. The van der Waals surface area contributed by atoms with Gasteiger partial charge in [0.05, 0.1) is 5.52 Å². The van der Waals surface area contributed by atoms with Crippen LogP contribution in [-0.2, 0) is 15.4 Å². The van der Waals surface area contributed by atoms with Crippen LogP contribution in [0.5, 0.6) is 0 Å². The highest BCUT2D eigenvalue weighted by atomic mass is 19.3. The first kappa shape index (κ1) is 16.1. The third-order valence-corrected chi connectivity index (χ3v) is 3.61. The molecule has 2 heterocycles. The van der Waals surface area contributed by atoms with Crippen molar-refractivity contribution in [3.05, 3.63) is 28.7 Å². The Kier molecular flexibility index (Phi) is 3.80. The van der Waals surface area contributed by atoms with Crippen LogP contribution < -0.4 is 11.2 Å². The molecular formula is C14H15BF3NO4. The number of halogens is 3. The molecule has 0 spiro atoms. The summed E-state index contributed by atoms with van der Waals surface area (Å²) in [5.74, 6) is -1.31. The van der Waals surface area contributed by atoms with E-state index < -0.39 is 25.6 Å². The van der Waals surface area contributed by atoms with Crippen molar-refractivity contribution in [2.45, 2.75) is 19.9 Å². The summed E-state index contributed by atoms with van der Waals surface area (Å²) in [6.07, 6.45) is 0. The fourth-order valence-corrected chi connectivity index (χ4v) is 2.43. The van der Waals surface area contributed by atoms with Crippen molar-refractivity contribution in [2.75, 3.05) is 19.9 Å². The van der Waals surface area contributed by atoms with Crippen LogP contribution in [0.25, 0.3) is 11.1 Å². The van der Waals surface area contributed by atoms with E-state index in [0.29, 0.717) is 18.7 Å². The van der Waals surface area contributed by atoms with Crippen LogP contribution in [0.2, 0.25) is 0 Å². The quantitative estimate of drug-likeness (QED) is 0.807. The second-order valence-corrected chi connectivity index (χ2v) is 6.35. The largest absolute Gasteiger partial charge is 0.493 e. The van der Waals surface area contributed by atoms with Crippen LogP contribution in [0.4, 0.5) is 13.2 Å². The number of aromatic nitrogens is 1. The van der Waals surface area contributed by atoms with E-state index in [-0.39, 0.29) is 21.1 Å². The lowest BCUT2D eigenvalue weighted by Crippen LogP contribution is -2.47. The van der Waals surface area contributed by atoms with Gasteiger partial charge in [-0.2, -0.15) is 8.78 Å². The van der Waals surface area contributed by atoms with Gasteiger partial charge < -0.3 is 13.7 Å². The van der Waals surface area contributed by atoms with Crippen molar-refractivity contribution < 1.29 is 26.9 Å². The average Bonchev–Trinajstić information content (AvgIpc) is 2.82. The number of fused-ring (bicyclic) bond motifs is 1.